The SMILES string of the molecule is CC(C)(C)[C@@]1(C)C(=O)CCN1C(=O)O. The molecule has 0 spiro atoms. The van der Waals surface area contributed by atoms with Crippen LogP contribution in [0.3, 0.4) is 0 Å². The number of carboxylic acid groups (broad SMARTS) is 1. The van der Waals surface area contributed by atoms with Crippen LogP contribution >= 0.6 is 0 Å². The van der Waals surface area contributed by atoms with Crippen molar-refractivity contribution in [2.24, 2.45) is 5.41 Å². The Balaban J connectivity index is 3.14. The van der Waals surface area contributed by atoms with E-state index in [9.17, 15) is 9.59 Å². The molecule has 4 nitrogen and oxygen atoms in total. The van der Waals surface area contributed by atoms with E-state index < -0.39 is 11.6 Å². The Morgan fingerprint density at radius 3 is 2.29 bits per heavy atom. The molecule has 1 amide bonds. The molecule has 0 aromatic heterocycles. The van der Waals surface area contributed by atoms with Crippen molar-refractivity contribution in [3.63, 3.8) is 0 Å². The van der Waals surface area contributed by atoms with Gasteiger partial charge in [0.15, 0.2) is 5.78 Å². The van der Waals surface area contributed by atoms with Crippen molar-refractivity contribution in [1.29, 1.82) is 0 Å². The molecule has 1 N–H and O–H groups in total. The van der Waals surface area contributed by atoms with Crippen LogP contribution in [0.2, 0.25) is 0 Å². The molecule has 0 aromatic rings. The molecule has 14 heavy (non-hydrogen) atoms. The summed E-state index contributed by atoms with van der Waals surface area (Å²) in [6.45, 7) is 7.73. The highest BCUT2D eigenvalue weighted by Crippen LogP contribution is 2.40. The Hall–Kier alpha value is -1.06. The minimum absolute atomic E-state index is 0.0207. The zero-order valence-electron chi connectivity index (χ0n) is 9.13. The minimum atomic E-state index is -1.01. The van der Waals surface area contributed by atoms with Crippen molar-refractivity contribution in [3.05, 3.63) is 0 Å². The number of likely N-dealkylation sites (tertiary alicyclic amines) is 1. The van der Waals surface area contributed by atoms with E-state index in [4.69, 9.17) is 5.11 Å². The second kappa shape index (κ2) is 2.97. The van der Waals surface area contributed by atoms with Gasteiger partial charge < -0.3 is 5.11 Å². The van der Waals surface area contributed by atoms with Crippen LogP contribution in [-0.2, 0) is 4.79 Å². The second-order valence-electron chi connectivity index (χ2n) is 4.93. The Labute approximate surface area is 83.9 Å². The van der Waals surface area contributed by atoms with Gasteiger partial charge in [-0.05, 0) is 12.3 Å². The first-order valence-corrected chi connectivity index (χ1v) is 4.75. The average Bonchev–Trinajstić information content (AvgIpc) is 2.28. The molecule has 0 aliphatic carbocycles. The van der Waals surface area contributed by atoms with Crippen LogP contribution < -0.4 is 0 Å². The smallest absolute Gasteiger partial charge is 0.408 e. The maximum Gasteiger partial charge on any atom is 0.408 e. The summed E-state index contributed by atoms with van der Waals surface area (Å²) in [5.74, 6) is 0.0207. The lowest BCUT2D eigenvalue weighted by atomic mass is 9.72. The first-order valence-electron chi connectivity index (χ1n) is 4.75. The lowest BCUT2D eigenvalue weighted by molar-refractivity contribution is -0.128. The number of hydrogen-bond acceptors (Lipinski definition) is 2. The predicted molar refractivity (Wildman–Crippen MR) is 52.2 cm³/mol. The molecule has 1 aliphatic heterocycles. The molecular formula is C10H17NO3. The van der Waals surface area contributed by atoms with Crippen LogP contribution in [0.15, 0.2) is 0 Å². The van der Waals surface area contributed by atoms with Gasteiger partial charge in [-0.2, -0.15) is 0 Å². The monoisotopic (exact) mass is 199 g/mol. The van der Waals surface area contributed by atoms with Gasteiger partial charge in [-0.3, -0.25) is 9.69 Å². The fourth-order valence-corrected chi connectivity index (χ4v) is 1.94. The predicted octanol–water partition coefficient (Wildman–Crippen LogP) is 1.74. The number of carbonyl (C=O) groups is 2. The third-order valence-corrected chi connectivity index (χ3v) is 3.34. The van der Waals surface area contributed by atoms with Gasteiger partial charge in [0.2, 0.25) is 0 Å². The maximum atomic E-state index is 11.8. The average molecular weight is 199 g/mol. The number of ketones is 1. The van der Waals surface area contributed by atoms with Crippen molar-refractivity contribution >= 4 is 11.9 Å². The van der Waals surface area contributed by atoms with Gasteiger partial charge in [0, 0.05) is 13.0 Å². The zero-order valence-corrected chi connectivity index (χ0v) is 9.13. The largest absolute Gasteiger partial charge is 0.465 e. The van der Waals surface area contributed by atoms with Gasteiger partial charge in [0.1, 0.15) is 5.54 Å². The summed E-state index contributed by atoms with van der Waals surface area (Å²) in [4.78, 5) is 24.0. The third-order valence-electron chi connectivity index (χ3n) is 3.34. The summed E-state index contributed by atoms with van der Waals surface area (Å²) in [5, 5.41) is 9.00. The molecule has 1 saturated heterocycles. The van der Waals surface area contributed by atoms with Gasteiger partial charge in [-0.15, -0.1) is 0 Å². The van der Waals surface area contributed by atoms with Crippen LogP contribution in [-0.4, -0.2) is 34.0 Å². The maximum absolute atomic E-state index is 11.8. The van der Waals surface area contributed by atoms with E-state index in [1.807, 2.05) is 20.8 Å². The molecule has 1 heterocycles. The van der Waals surface area contributed by atoms with Crippen LogP contribution in [0.5, 0.6) is 0 Å². The van der Waals surface area contributed by atoms with Crippen molar-refractivity contribution < 1.29 is 14.7 Å². The minimum Gasteiger partial charge on any atom is -0.465 e. The number of amides is 1. The highest BCUT2D eigenvalue weighted by atomic mass is 16.4. The summed E-state index contributed by atoms with van der Waals surface area (Å²) in [5.41, 5.74) is -1.24. The fourth-order valence-electron chi connectivity index (χ4n) is 1.94. The van der Waals surface area contributed by atoms with Crippen LogP contribution in [0, 0.1) is 5.41 Å². The fraction of sp³-hybridized carbons (Fsp3) is 0.800. The number of hydrogen-bond donors (Lipinski definition) is 1. The number of carbonyl (C=O) groups excluding carboxylic acids is 1. The van der Waals surface area contributed by atoms with Crippen LogP contribution in [0.1, 0.15) is 34.1 Å². The Morgan fingerprint density at radius 2 is 2.00 bits per heavy atom. The molecule has 0 saturated carbocycles. The molecule has 1 rings (SSSR count). The topological polar surface area (TPSA) is 57.6 Å². The van der Waals surface area contributed by atoms with E-state index in [0.717, 1.165) is 0 Å². The molecule has 0 unspecified atom stereocenters. The Morgan fingerprint density at radius 1 is 1.50 bits per heavy atom. The third kappa shape index (κ3) is 1.29. The van der Waals surface area contributed by atoms with E-state index in [1.54, 1.807) is 6.92 Å². The molecule has 0 radical (unpaired) electrons. The summed E-state index contributed by atoms with van der Waals surface area (Å²) < 4.78 is 0. The first kappa shape index (κ1) is 11.0. The standard InChI is InChI=1S/C10H17NO3/c1-9(2,3)10(4)7(12)5-6-11(10)8(13)14/h5-6H2,1-4H3,(H,13,14)/t10-/m1/s1. The number of Topliss-reactive ketones (excluding diaryl/α,β-unsaturated/α-hetero) is 1. The van der Waals surface area contributed by atoms with Gasteiger partial charge in [-0.1, -0.05) is 20.8 Å². The van der Waals surface area contributed by atoms with Crippen molar-refractivity contribution in [3.8, 4) is 0 Å². The van der Waals surface area contributed by atoms with Crippen LogP contribution in [0.25, 0.3) is 0 Å². The number of rotatable bonds is 0. The highest BCUT2D eigenvalue weighted by molar-refractivity contribution is 5.94. The summed E-state index contributed by atoms with van der Waals surface area (Å²) in [6.07, 6.45) is -0.673. The quantitative estimate of drug-likeness (QED) is 0.646. The van der Waals surface area contributed by atoms with E-state index in [-0.39, 0.29) is 11.2 Å². The van der Waals surface area contributed by atoms with Gasteiger partial charge in [-0.25, -0.2) is 4.79 Å². The normalized spacial score (nSPS) is 28.3. The van der Waals surface area contributed by atoms with Gasteiger partial charge in [0.05, 0.1) is 0 Å². The van der Waals surface area contributed by atoms with E-state index in [0.29, 0.717) is 13.0 Å². The molecule has 1 fully saturated rings. The van der Waals surface area contributed by atoms with Gasteiger partial charge >= 0.3 is 6.09 Å². The molecule has 0 aromatic carbocycles. The molecular weight excluding hydrogens is 182 g/mol. The molecule has 0 bridgehead atoms. The molecule has 80 valence electrons. The first-order chi connectivity index (χ1) is 6.21. The Bertz CT molecular complexity index is 280. The lowest BCUT2D eigenvalue weighted by Crippen LogP contribution is -2.56. The molecule has 4 heteroatoms. The summed E-state index contributed by atoms with van der Waals surface area (Å²) in [7, 11) is 0. The summed E-state index contributed by atoms with van der Waals surface area (Å²) >= 11 is 0. The van der Waals surface area contributed by atoms with Crippen molar-refractivity contribution in [2.45, 2.75) is 39.7 Å². The number of nitrogens with zero attached hydrogens (tertiary/aromatic N) is 1. The van der Waals surface area contributed by atoms with Crippen molar-refractivity contribution in [1.82, 2.24) is 4.90 Å². The molecule has 1 atom stereocenters. The van der Waals surface area contributed by atoms with E-state index in [2.05, 4.69) is 0 Å². The van der Waals surface area contributed by atoms with Crippen molar-refractivity contribution in [2.75, 3.05) is 6.54 Å². The second-order valence-corrected chi connectivity index (χ2v) is 4.93. The lowest BCUT2D eigenvalue weighted by Gasteiger charge is -2.42. The highest BCUT2D eigenvalue weighted by Gasteiger charge is 2.54. The Kier molecular flexibility index (Phi) is 2.34. The summed E-state index contributed by atoms with van der Waals surface area (Å²) in [6, 6.07) is 0. The molecule has 1 aliphatic rings. The zero-order chi connectivity index (χ0) is 11.1. The van der Waals surface area contributed by atoms with Gasteiger partial charge in [0.25, 0.3) is 0 Å². The van der Waals surface area contributed by atoms with E-state index in [1.165, 1.54) is 4.90 Å². The van der Waals surface area contributed by atoms with E-state index >= 15 is 0 Å². The van der Waals surface area contributed by atoms with Crippen LogP contribution in [0.4, 0.5) is 4.79 Å².